The van der Waals surface area contributed by atoms with Gasteiger partial charge in [0.25, 0.3) is 0 Å². The minimum Gasteiger partial charge on any atom is -0.377 e. The average molecular weight is 291 g/mol. The van der Waals surface area contributed by atoms with Crippen LogP contribution in [0.25, 0.3) is 0 Å². The number of aryl methyl sites for hydroxylation is 1. The summed E-state index contributed by atoms with van der Waals surface area (Å²) in [7, 11) is 0. The molecule has 0 aliphatic heterocycles. The molecule has 0 fully saturated rings. The molecule has 0 spiro atoms. The van der Waals surface area contributed by atoms with Crippen molar-refractivity contribution >= 4 is 0 Å². The predicted molar refractivity (Wildman–Crippen MR) is 91.8 cm³/mol. The van der Waals surface area contributed by atoms with Crippen molar-refractivity contribution in [3.8, 4) is 0 Å². The first-order valence-electron chi connectivity index (χ1n) is 8.65. The molecule has 2 unspecified atom stereocenters. The van der Waals surface area contributed by atoms with E-state index in [2.05, 4.69) is 57.3 Å². The van der Waals surface area contributed by atoms with E-state index in [-0.39, 0.29) is 0 Å². The molecule has 0 amide bonds. The maximum Gasteiger partial charge on any atom is 0.0665 e. The van der Waals surface area contributed by atoms with Crippen molar-refractivity contribution < 1.29 is 4.74 Å². The summed E-state index contributed by atoms with van der Waals surface area (Å²) < 4.78 is 6.01. The molecule has 0 bridgehead atoms. The van der Waals surface area contributed by atoms with Gasteiger partial charge in [0.15, 0.2) is 0 Å². The van der Waals surface area contributed by atoms with Gasteiger partial charge < -0.3 is 10.1 Å². The molecule has 0 saturated carbocycles. The first-order chi connectivity index (χ1) is 10.2. The Morgan fingerprint density at radius 3 is 2.29 bits per heavy atom. The van der Waals surface area contributed by atoms with Crippen molar-refractivity contribution in [3.05, 3.63) is 35.4 Å². The Balaban J connectivity index is 2.62. The highest BCUT2D eigenvalue weighted by Gasteiger charge is 2.12. The SMILES string of the molecule is CCCNC(COC(C)CCC)c1ccc(CCC)cc1. The summed E-state index contributed by atoms with van der Waals surface area (Å²) in [6, 6.07) is 9.34. The molecule has 0 aromatic heterocycles. The Labute approximate surface area is 131 Å². The number of nitrogens with one attached hydrogen (secondary N) is 1. The number of benzene rings is 1. The van der Waals surface area contributed by atoms with Gasteiger partial charge in [-0.3, -0.25) is 0 Å². The summed E-state index contributed by atoms with van der Waals surface area (Å²) in [5.74, 6) is 0. The summed E-state index contributed by atoms with van der Waals surface area (Å²) in [6.07, 6.45) is 6.18. The summed E-state index contributed by atoms with van der Waals surface area (Å²) in [4.78, 5) is 0. The highest BCUT2D eigenvalue weighted by molar-refractivity contribution is 5.25. The number of hydrogen-bond acceptors (Lipinski definition) is 2. The zero-order valence-corrected chi connectivity index (χ0v) is 14.3. The average Bonchev–Trinajstić information content (AvgIpc) is 2.49. The molecule has 0 radical (unpaired) electrons. The van der Waals surface area contributed by atoms with Crippen LogP contribution in [-0.2, 0) is 11.2 Å². The van der Waals surface area contributed by atoms with Crippen molar-refractivity contribution in [2.24, 2.45) is 0 Å². The van der Waals surface area contributed by atoms with Gasteiger partial charge in [0.1, 0.15) is 0 Å². The molecule has 1 rings (SSSR count). The van der Waals surface area contributed by atoms with Gasteiger partial charge in [0.2, 0.25) is 0 Å². The maximum absolute atomic E-state index is 6.01. The number of hydrogen-bond donors (Lipinski definition) is 1. The molecular weight excluding hydrogens is 258 g/mol. The second-order valence-corrected chi connectivity index (χ2v) is 5.93. The molecule has 1 aromatic carbocycles. The Morgan fingerprint density at radius 1 is 1.00 bits per heavy atom. The van der Waals surface area contributed by atoms with Crippen LogP contribution in [0.15, 0.2) is 24.3 Å². The quantitative estimate of drug-likeness (QED) is 0.627. The van der Waals surface area contributed by atoms with Gasteiger partial charge in [-0.25, -0.2) is 0 Å². The van der Waals surface area contributed by atoms with E-state index in [1.165, 1.54) is 24.0 Å². The number of rotatable bonds is 11. The largest absolute Gasteiger partial charge is 0.377 e. The van der Waals surface area contributed by atoms with E-state index < -0.39 is 0 Å². The lowest BCUT2D eigenvalue weighted by atomic mass is 10.0. The predicted octanol–water partition coefficient (Wildman–Crippen LogP) is 4.89. The van der Waals surface area contributed by atoms with Crippen molar-refractivity contribution in [1.29, 1.82) is 0 Å². The Hall–Kier alpha value is -0.860. The van der Waals surface area contributed by atoms with Crippen LogP contribution in [0, 0.1) is 0 Å². The fourth-order valence-electron chi connectivity index (χ4n) is 2.55. The summed E-state index contributed by atoms with van der Waals surface area (Å²) >= 11 is 0. The van der Waals surface area contributed by atoms with Crippen molar-refractivity contribution in [2.75, 3.05) is 13.2 Å². The molecular formula is C19H33NO. The summed E-state index contributed by atoms with van der Waals surface area (Å²) in [5, 5.41) is 3.61. The van der Waals surface area contributed by atoms with Crippen LogP contribution < -0.4 is 5.32 Å². The van der Waals surface area contributed by atoms with Gasteiger partial charge in [-0.05, 0) is 43.9 Å². The maximum atomic E-state index is 6.01. The van der Waals surface area contributed by atoms with Crippen LogP contribution in [0.5, 0.6) is 0 Å². The standard InChI is InChI=1S/C19H33NO/c1-5-8-16(4)21-15-19(20-14-7-3)18-12-10-17(9-6-2)11-13-18/h10-13,16,19-20H,5-9,14-15H2,1-4H3. The van der Waals surface area contributed by atoms with Crippen LogP contribution >= 0.6 is 0 Å². The normalized spacial score (nSPS) is 14.1. The molecule has 0 heterocycles. The molecule has 21 heavy (non-hydrogen) atoms. The third-order valence-electron chi connectivity index (χ3n) is 3.80. The van der Waals surface area contributed by atoms with Crippen LogP contribution in [-0.4, -0.2) is 19.3 Å². The smallest absolute Gasteiger partial charge is 0.0665 e. The van der Waals surface area contributed by atoms with Crippen molar-refractivity contribution in [3.63, 3.8) is 0 Å². The molecule has 0 saturated heterocycles. The lowest BCUT2D eigenvalue weighted by Crippen LogP contribution is -2.28. The minimum atomic E-state index is 0.305. The van der Waals surface area contributed by atoms with E-state index in [9.17, 15) is 0 Å². The van der Waals surface area contributed by atoms with Crippen LogP contribution in [0.2, 0.25) is 0 Å². The van der Waals surface area contributed by atoms with Gasteiger partial charge in [-0.1, -0.05) is 57.9 Å². The lowest BCUT2D eigenvalue weighted by molar-refractivity contribution is 0.0440. The van der Waals surface area contributed by atoms with Gasteiger partial charge in [0, 0.05) is 0 Å². The van der Waals surface area contributed by atoms with Gasteiger partial charge >= 0.3 is 0 Å². The minimum absolute atomic E-state index is 0.305. The molecule has 120 valence electrons. The Morgan fingerprint density at radius 2 is 1.71 bits per heavy atom. The number of ether oxygens (including phenoxy) is 1. The second-order valence-electron chi connectivity index (χ2n) is 5.93. The lowest BCUT2D eigenvalue weighted by Gasteiger charge is -2.22. The van der Waals surface area contributed by atoms with Crippen molar-refractivity contribution in [1.82, 2.24) is 5.32 Å². The zero-order valence-electron chi connectivity index (χ0n) is 14.3. The van der Waals surface area contributed by atoms with E-state index in [0.29, 0.717) is 12.1 Å². The first-order valence-corrected chi connectivity index (χ1v) is 8.65. The van der Waals surface area contributed by atoms with Crippen molar-refractivity contribution in [2.45, 2.75) is 71.9 Å². The van der Waals surface area contributed by atoms with Gasteiger partial charge in [-0.15, -0.1) is 0 Å². The topological polar surface area (TPSA) is 21.3 Å². The van der Waals surface area contributed by atoms with E-state index in [0.717, 1.165) is 32.4 Å². The summed E-state index contributed by atoms with van der Waals surface area (Å²) in [5.41, 5.74) is 2.77. The molecule has 0 aliphatic rings. The van der Waals surface area contributed by atoms with Gasteiger partial charge in [-0.2, -0.15) is 0 Å². The van der Waals surface area contributed by atoms with Crippen LogP contribution in [0.3, 0.4) is 0 Å². The Kier molecular flexibility index (Phi) is 9.36. The highest BCUT2D eigenvalue weighted by atomic mass is 16.5. The molecule has 1 N–H and O–H groups in total. The van der Waals surface area contributed by atoms with E-state index in [4.69, 9.17) is 4.74 Å². The fraction of sp³-hybridized carbons (Fsp3) is 0.684. The van der Waals surface area contributed by atoms with E-state index in [1.54, 1.807) is 0 Å². The summed E-state index contributed by atoms with van der Waals surface area (Å²) in [6.45, 7) is 10.6. The highest BCUT2D eigenvalue weighted by Crippen LogP contribution is 2.17. The van der Waals surface area contributed by atoms with Crippen LogP contribution in [0.4, 0.5) is 0 Å². The van der Waals surface area contributed by atoms with Crippen LogP contribution in [0.1, 0.15) is 70.5 Å². The second kappa shape index (κ2) is 10.8. The molecule has 2 nitrogen and oxygen atoms in total. The Bertz CT molecular complexity index is 360. The molecule has 2 atom stereocenters. The molecule has 0 aliphatic carbocycles. The zero-order chi connectivity index (χ0) is 15.5. The monoisotopic (exact) mass is 291 g/mol. The third-order valence-corrected chi connectivity index (χ3v) is 3.80. The fourth-order valence-corrected chi connectivity index (χ4v) is 2.55. The molecule has 2 heteroatoms. The third kappa shape index (κ3) is 7.10. The van der Waals surface area contributed by atoms with E-state index >= 15 is 0 Å². The van der Waals surface area contributed by atoms with Gasteiger partial charge in [0.05, 0.1) is 18.8 Å². The molecule has 1 aromatic rings. The van der Waals surface area contributed by atoms with E-state index in [1.807, 2.05) is 0 Å². The first kappa shape index (κ1) is 18.2.